The molecule has 1 heterocycles. The summed E-state index contributed by atoms with van der Waals surface area (Å²) in [5.41, 5.74) is -0.395. The topological polar surface area (TPSA) is 79.3 Å². The average molecular weight is 332 g/mol. The van der Waals surface area contributed by atoms with Crippen LogP contribution >= 0.6 is 11.3 Å². The van der Waals surface area contributed by atoms with Gasteiger partial charge in [0.25, 0.3) is 0 Å². The van der Waals surface area contributed by atoms with Gasteiger partial charge in [0.15, 0.2) is 0 Å². The fourth-order valence-corrected chi connectivity index (χ4v) is 3.09. The summed E-state index contributed by atoms with van der Waals surface area (Å²) in [7, 11) is 0. The van der Waals surface area contributed by atoms with E-state index in [0.29, 0.717) is 24.8 Å². The van der Waals surface area contributed by atoms with Crippen molar-refractivity contribution < 1.29 is 14.7 Å². The molecule has 2 rings (SSSR count). The van der Waals surface area contributed by atoms with Crippen LogP contribution in [0.1, 0.15) is 30.3 Å². The molecule has 122 valence electrons. The SMILES string of the molecule is CCC(CNC(=O)CCc1nccs1)(C(=O)O)c1ccccc1. The molecule has 23 heavy (non-hydrogen) atoms. The number of nitrogens with zero attached hydrogens (tertiary/aromatic N) is 1. The minimum absolute atomic E-state index is 0.0829. The second-order valence-corrected chi connectivity index (χ2v) is 6.29. The minimum Gasteiger partial charge on any atom is -0.481 e. The van der Waals surface area contributed by atoms with Crippen LogP contribution in [0, 0.1) is 0 Å². The van der Waals surface area contributed by atoms with E-state index in [9.17, 15) is 14.7 Å². The number of rotatable bonds is 8. The molecule has 0 aliphatic heterocycles. The highest BCUT2D eigenvalue weighted by atomic mass is 32.1. The molecule has 2 aromatic rings. The highest BCUT2D eigenvalue weighted by molar-refractivity contribution is 7.09. The Morgan fingerprint density at radius 3 is 2.61 bits per heavy atom. The van der Waals surface area contributed by atoms with Crippen molar-refractivity contribution in [3.8, 4) is 0 Å². The standard InChI is InChI=1S/C17H20N2O3S/c1-2-17(16(21)22,13-6-4-3-5-7-13)12-19-14(20)8-9-15-18-10-11-23-15/h3-7,10-11H,2,8-9,12H2,1H3,(H,19,20)(H,21,22). The molecule has 0 saturated heterocycles. The molecule has 0 bridgehead atoms. The summed E-state index contributed by atoms with van der Waals surface area (Å²) in [4.78, 5) is 28.0. The molecule has 5 nitrogen and oxygen atoms in total. The van der Waals surface area contributed by atoms with Gasteiger partial charge >= 0.3 is 5.97 Å². The van der Waals surface area contributed by atoms with E-state index in [2.05, 4.69) is 10.3 Å². The molecule has 1 aromatic carbocycles. The highest BCUT2D eigenvalue weighted by Crippen LogP contribution is 2.27. The minimum atomic E-state index is -1.10. The maximum atomic E-state index is 12.0. The normalized spacial score (nSPS) is 13.3. The van der Waals surface area contributed by atoms with Crippen molar-refractivity contribution in [2.24, 2.45) is 0 Å². The zero-order valence-corrected chi connectivity index (χ0v) is 13.8. The molecule has 1 aromatic heterocycles. The number of carboxylic acid groups (broad SMARTS) is 1. The molecule has 2 N–H and O–H groups in total. The summed E-state index contributed by atoms with van der Waals surface area (Å²) in [6.07, 6.45) is 2.99. The van der Waals surface area contributed by atoms with Gasteiger partial charge in [0.1, 0.15) is 5.41 Å². The molecular formula is C17H20N2O3S. The number of carbonyl (C=O) groups excluding carboxylic acids is 1. The van der Waals surface area contributed by atoms with Crippen molar-refractivity contribution in [3.05, 3.63) is 52.5 Å². The lowest BCUT2D eigenvalue weighted by Crippen LogP contribution is -2.46. The van der Waals surface area contributed by atoms with Gasteiger partial charge in [0.05, 0.1) is 5.01 Å². The highest BCUT2D eigenvalue weighted by Gasteiger charge is 2.38. The number of carbonyl (C=O) groups is 2. The quantitative estimate of drug-likeness (QED) is 0.779. The number of hydrogen-bond acceptors (Lipinski definition) is 4. The van der Waals surface area contributed by atoms with E-state index < -0.39 is 11.4 Å². The Bertz CT molecular complexity index is 643. The Labute approximate surface area is 139 Å². The van der Waals surface area contributed by atoms with Gasteiger partial charge in [-0.1, -0.05) is 37.3 Å². The summed E-state index contributed by atoms with van der Waals surface area (Å²) in [6.45, 7) is 1.91. The van der Waals surface area contributed by atoms with Gasteiger partial charge in [-0.2, -0.15) is 0 Å². The molecule has 1 atom stereocenters. The third-order valence-electron chi connectivity index (χ3n) is 3.98. The Morgan fingerprint density at radius 1 is 1.30 bits per heavy atom. The van der Waals surface area contributed by atoms with E-state index in [1.165, 1.54) is 11.3 Å². The number of carboxylic acids is 1. The van der Waals surface area contributed by atoms with Gasteiger partial charge in [-0.05, 0) is 12.0 Å². The Kier molecular flexibility index (Phi) is 5.87. The van der Waals surface area contributed by atoms with E-state index in [1.54, 1.807) is 18.3 Å². The van der Waals surface area contributed by atoms with E-state index in [-0.39, 0.29) is 12.5 Å². The Balaban J connectivity index is 2.01. The van der Waals surface area contributed by atoms with Gasteiger partial charge in [0.2, 0.25) is 5.91 Å². The summed E-state index contributed by atoms with van der Waals surface area (Å²) < 4.78 is 0. The first-order chi connectivity index (χ1) is 11.1. The van der Waals surface area contributed by atoms with E-state index >= 15 is 0 Å². The van der Waals surface area contributed by atoms with Crippen LogP contribution in [0.5, 0.6) is 0 Å². The number of benzene rings is 1. The summed E-state index contributed by atoms with van der Waals surface area (Å²) in [5, 5.41) is 15.3. The van der Waals surface area contributed by atoms with Gasteiger partial charge in [-0.25, -0.2) is 4.98 Å². The third-order valence-corrected chi connectivity index (χ3v) is 4.82. The number of hydrogen-bond donors (Lipinski definition) is 2. The third kappa shape index (κ3) is 4.16. The first-order valence-corrected chi connectivity index (χ1v) is 8.40. The van der Waals surface area contributed by atoms with Crippen LogP contribution in [0.3, 0.4) is 0 Å². The van der Waals surface area contributed by atoms with E-state index in [0.717, 1.165) is 5.01 Å². The molecule has 0 spiro atoms. The second-order valence-electron chi connectivity index (χ2n) is 5.31. The average Bonchev–Trinajstić information content (AvgIpc) is 3.08. The largest absolute Gasteiger partial charge is 0.481 e. The molecular weight excluding hydrogens is 312 g/mol. The van der Waals surface area contributed by atoms with Gasteiger partial charge < -0.3 is 10.4 Å². The van der Waals surface area contributed by atoms with Crippen molar-refractivity contribution in [2.45, 2.75) is 31.6 Å². The van der Waals surface area contributed by atoms with Crippen LogP contribution in [-0.2, 0) is 21.4 Å². The predicted molar refractivity (Wildman–Crippen MR) is 89.5 cm³/mol. The molecule has 1 amide bonds. The lowest BCUT2D eigenvalue weighted by molar-refractivity contribution is -0.144. The first-order valence-electron chi connectivity index (χ1n) is 7.52. The van der Waals surface area contributed by atoms with Crippen molar-refractivity contribution in [1.82, 2.24) is 10.3 Å². The van der Waals surface area contributed by atoms with Crippen molar-refractivity contribution in [2.75, 3.05) is 6.54 Å². The molecule has 0 aliphatic rings. The lowest BCUT2D eigenvalue weighted by atomic mass is 9.78. The maximum Gasteiger partial charge on any atom is 0.315 e. The molecule has 0 fully saturated rings. The van der Waals surface area contributed by atoms with Crippen molar-refractivity contribution in [1.29, 1.82) is 0 Å². The zero-order chi connectivity index (χ0) is 16.7. The number of nitrogens with one attached hydrogen (secondary N) is 1. The monoisotopic (exact) mass is 332 g/mol. The van der Waals surface area contributed by atoms with Crippen LogP contribution in [0.25, 0.3) is 0 Å². The Hall–Kier alpha value is -2.21. The number of aryl methyl sites for hydroxylation is 1. The molecule has 0 saturated carbocycles. The Morgan fingerprint density at radius 2 is 2.04 bits per heavy atom. The molecule has 1 unspecified atom stereocenters. The van der Waals surface area contributed by atoms with Gasteiger partial charge in [-0.3, -0.25) is 9.59 Å². The second kappa shape index (κ2) is 7.87. The number of thiazole rings is 1. The smallest absolute Gasteiger partial charge is 0.315 e. The van der Waals surface area contributed by atoms with E-state index in [4.69, 9.17) is 0 Å². The van der Waals surface area contributed by atoms with Crippen LogP contribution in [-0.4, -0.2) is 28.5 Å². The number of aliphatic carboxylic acids is 1. The maximum absolute atomic E-state index is 12.0. The fraction of sp³-hybridized carbons (Fsp3) is 0.353. The van der Waals surface area contributed by atoms with E-state index in [1.807, 2.05) is 30.5 Å². The first kappa shape index (κ1) is 17.1. The number of aromatic nitrogens is 1. The van der Waals surface area contributed by atoms with Crippen LogP contribution in [0.4, 0.5) is 0 Å². The lowest BCUT2D eigenvalue weighted by Gasteiger charge is -2.29. The van der Waals surface area contributed by atoms with Crippen LogP contribution in [0.2, 0.25) is 0 Å². The summed E-state index contributed by atoms with van der Waals surface area (Å²) >= 11 is 1.51. The van der Waals surface area contributed by atoms with Crippen molar-refractivity contribution in [3.63, 3.8) is 0 Å². The molecule has 6 heteroatoms. The van der Waals surface area contributed by atoms with Crippen molar-refractivity contribution >= 4 is 23.2 Å². The molecule has 0 radical (unpaired) electrons. The summed E-state index contributed by atoms with van der Waals surface area (Å²) in [5.74, 6) is -1.08. The predicted octanol–water partition coefficient (Wildman–Crippen LogP) is 2.62. The fourth-order valence-electron chi connectivity index (χ4n) is 2.47. The number of amides is 1. The van der Waals surface area contributed by atoms with Gasteiger partial charge in [0, 0.05) is 31.0 Å². The summed E-state index contributed by atoms with van der Waals surface area (Å²) in [6, 6.07) is 9.05. The van der Waals surface area contributed by atoms with Gasteiger partial charge in [-0.15, -0.1) is 11.3 Å². The van der Waals surface area contributed by atoms with Crippen LogP contribution in [0.15, 0.2) is 41.9 Å². The zero-order valence-electron chi connectivity index (χ0n) is 13.0. The van der Waals surface area contributed by atoms with Crippen LogP contribution < -0.4 is 5.32 Å². The molecule has 0 aliphatic carbocycles.